The molecule has 0 aliphatic carbocycles. The van der Waals surface area contributed by atoms with Crippen LogP contribution in [0.3, 0.4) is 0 Å². The molecule has 96 valence electrons. The first-order valence-corrected chi connectivity index (χ1v) is 7.01. The molecule has 0 saturated heterocycles. The van der Waals surface area contributed by atoms with Gasteiger partial charge in [0.15, 0.2) is 0 Å². The molecule has 0 unspecified atom stereocenters. The second kappa shape index (κ2) is 6.56. The van der Waals surface area contributed by atoms with Crippen molar-refractivity contribution in [1.82, 2.24) is 9.97 Å². The lowest BCUT2D eigenvalue weighted by Gasteiger charge is -2.06. The van der Waals surface area contributed by atoms with Crippen molar-refractivity contribution >= 4 is 34.6 Å². The van der Waals surface area contributed by atoms with Crippen LogP contribution in [0.4, 0.5) is 11.6 Å². The van der Waals surface area contributed by atoms with Crippen molar-refractivity contribution < 1.29 is 0 Å². The number of nitrogens with one attached hydrogen (secondary N) is 2. The molecule has 0 bridgehead atoms. The molecule has 4 nitrogen and oxygen atoms in total. The Morgan fingerprint density at radius 2 is 2.00 bits per heavy atom. The minimum atomic E-state index is 0.833. The van der Waals surface area contributed by atoms with Crippen LogP contribution in [0, 0.1) is 0 Å². The number of anilines is 2. The van der Waals surface area contributed by atoms with E-state index >= 15 is 0 Å². The Hall–Kier alpha value is -1.33. The molecule has 0 aliphatic rings. The number of nitrogens with zero attached hydrogens (tertiary/aromatic N) is 2. The van der Waals surface area contributed by atoms with Crippen LogP contribution in [0.1, 0.15) is 11.8 Å². The Morgan fingerprint density at radius 1 is 1.22 bits per heavy atom. The van der Waals surface area contributed by atoms with Crippen LogP contribution in [0.25, 0.3) is 0 Å². The monoisotopic (exact) mass is 282 g/mol. The molecule has 2 N–H and O–H groups in total. The minimum absolute atomic E-state index is 0.833. The summed E-state index contributed by atoms with van der Waals surface area (Å²) in [5.74, 6) is 1.68. The van der Waals surface area contributed by atoms with Gasteiger partial charge in [0.25, 0.3) is 0 Å². The first kappa shape index (κ1) is 13.1. The highest BCUT2D eigenvalue weighted by Crippen LogP contribution is 2.21. The van der Waals surface area contributed by atoms with Crippen molar-refractivity contribution in [3.05, 3.63) is 33.7 Å². The molecule has 2 rings (SSSR count). The molecule has 18 heavy (non-hydrogen) atoms. The number of hydrogen-bond donors (Lipinski definition) is 2. The highest BCUT2D eigenvalue weighted by molar-refractivity contribution is 7.16. The summed E-state index contributed by atoms with van der Waals surface area (Å²) in [6.45, 7) is 3.72. The number of halogens is 1. The van der Waals surface area contributed by atoms with Gasteiger partial charge in [-0.05, 0) is 25.5 Å². The van der Waals surface area contributed by atoms with Gasteiger partial charge in [0.1, 0.15) is 18.0 Å². The zero-order chi connectivity index (χ0) is 12.8. The number of rotatable bonds is 6. The predicted octanol–water partition coefficient (Wildman–Crippen LogP) is 3.28. The quantitative estimate of drug-likeness (QED) is 0.854. The third-order valence-corrected chi connectivity index (χ3v) is 3.62. The van der Waals surface area contributed by atoms with Gasteiger partial charge in [0.05, 0.1) is 4.34 Å². The van der Waals surface area contributed by atoms with Crippen LogP contribution in [-0.4, -0.2) is 23.1 Å². The van der Waals surface area contributed by atoms with E-state index < -0.39 is 0 Å². The van der Waals surface area contributed by atoms with Gasteiger partial charge in [0.2, 0.25) is 0 Å². The van der Waals surface area contributed by atoms with Gasteiger partial charge in [-0.1, -0.05) is 11.6 Å². The van der Waals surface area contributed by atoms with E-state index in [2.05, 4.69) is 26.7 Å². The van der Waals surface area contributed by atoms with Gasteiger partial charge in [-0.15, -0.1) is 11.3 Å². The summed E-state index contributed by atoms with van der Waals surface area (Å²) < 4.78 is 0.835. The summed E-state index contributed by atoms with van der Waals surface area (Å²) in [4.78, 5) is 9.57. The van der Waals surface area contributed by atoms with Gasteiger partial charge >= 0.3 is 0 Å². The lowest BCUT2D eigenvalue weighted by Crippen LogP contribution is -2.07. The van der Waals surface area contributed by atoms with E-state index in [9.17, 15) is 0 Å². The Labute approximate surface area is 115 Å². The summed E-state index contributed by atoms with van der Waals surface area (Å²) in [6, 6.07) is 5.89. The molecule has 0 saturated carbocycles. The van der Waals surface area contributed by atoms with Gasteiger partial charge < -0.3 is 10.6 Å². The maximum Gasteiger partial charge on any atom is 0.131 e. The van der Waals surface area contributed by atoms with Crippen molar-refractivity contribution in [2.45, 2.75) is 13.3 Å². The Balaban J connectivity index is 1.84. The fourth-order valence-corrected chi connectivity index (χ4v) is 2.62. The molecule has 0 amide bonds. The molecule has 2 aromatic heterocycles. The highest BCUT2D eigenvalue weighted by Gasteiger charge is 2.00. The lowest BCUT2D eigenvalue weighted by molar-refractivity contribution is 1.02. The zero-order valence-corrected chi connectivity index (χ0v) is 11.7. The number of hydrogen-bond acceptors (Lipinski definition) is 5. The van der Waals surface area contributed by atoms with E-state index in [1.807, 2.05) is 19.1 Å². The average Bonchev–Trinajstić information content (AvgIpc) is 2.76. The van der Waals surface area contributed by atoms with E-state index in [4.69, 9.17) is 11.6 Å². The van der Waals surface area contributed by atoms with Crippen molar-refractivity contribution in [2.75, 3.05) is 23.7 Å². The van der Waals surface area contributed by atoms with Gasteiger partial charge in [-0.25, -0.2) is 9.97 Å². The van der Waals surface area contributed by atoms with Crippen LogP contribution in [0.5, 0.6) is 0 Å². The van der Waals surface area contributed by atoms with Crippen LogP contribution in [-0.2, 0) is 6.42 Å². The third kappa shape index (κ3) is 3.85. The van der Waals surface area contributed by atoms with Crippen molar-refractivity contribution in [3.63, 3.8) is 0 Å². The molecule has 0 aromatic carbocycles. The van der Waals surface area contributed by atoms with E-state index in [0.717, 1.165) is 35.5 Å². The average molecular weight is 283 g/mol. The van der Waals surface area contributed by atoms with Crippen molar-refractivity contribution in [2.24, 2.45) is 0 Å². The predicted molar refractivity (Wildman–Crippen MR) is 77.7 cm³/mol. The molecule has 2 heterocycles. The zero-order valence-electron chi connectivity index (χ0n) is 10.1. The SMILES string of the molecule is CCNc1cc(NCCc2ccc(Cl)s2)ncn1. The summed E-state index contributed by atoms with van der Waals surface area (Å²) in [7, 11) is 0. The fraction of sp³-hybridized carbons (Fsp3) is 0.333. The summed E-state index contributed by atoms with van der Waals surface area (Å²) in [6.07, 6.45) is 2.50. The van der Waals surface area contributed by atoms with E-state index in [0.29, 0.717) is 0 Å². The highest BCUT2D eigenvalue weighted by atomic mass is 35.5. The van der Waals surface area contributed by atoms with Crippen LogP contribution in [0.15, 0.2) is 24.5 Å². The molecular formula is C12H15ClN4S. The van der Waals surface area contributed by atoms with Crippen LogP contribution >= 0.6 is 22.9 Å². The summed E-state index contributed by atoms with van der Waals surface area (Å²) in [5.41, 5.74) is 0. The third-order valence-electron chi connectivity index (χ3n) is 2.33. The first-order valence-electron chi connectivity index (χ1n) is 5.82. The maximum atomic E-state index is 5.88. The van der Waals surface area contributed by atoms with Crippen molar-refractivity contribution in [3.8, 4) is 0 Å². The molecule has 6 heteroatoms. The van der Waals surface area contributed by atoms with E-state index in [-0.39, 0.29) is 0 Å². The van der Waals surface area contributed by atoms with Gasteiger partial charge in [-0.3, -0.25) is 0 Å². The normalized spacial score (nSPS) is 10.3. The number of thiophene rings is 1. The Kier molecular flexibility index (Phi) is 4.78. The van der Waals surface area contributed by atoms with Crippen LogP contribution in [0.2, 0.25) is 4.34 Å². The fourth-order valence-electron chi connectivity index (χ4n) is 1.53. The molecule has 0 aliphatic heterocycles. The van der Waals surface area contributed by atoms with Crippen LogP contribution < -0.4 is 10.6 Å². The molecule has 2 aromatic rings. The molecule has 0 radical (unpaired) electrons. The number of aromatic nitrogens is 2. The maximum absolute atomic E-state index is 5.88. The molecule has 0 fully saturated rings. The molecule has 0 atom stereocenters. The van der Waals surface area contributed by atoms with Gasteiger partial charge in [-0.2, -0.15) is 0 Å². The van der Waals surface area contributed by atoms with Gasteiger partial charge in [0, 0.05) is 24.0 Å². The van der Waals surface area contributed by atoms with E-state index in [1.54, 1.807) is 17.7 Å². The second-order valence-corrected chi connectivity index (χ2v) is 5.50. The minimum Gasteiger partial charge on any atom is -0.370 e. The Bertz CT molecular complexity index is 500. The molecule has 0 spiro atoms. The standard InChI is InChI=1S/C12H15ClN4S/c1-2-14-11-7-12(17-8-16-11)15-6-5-9-3-4-10(13)18-9/h3-4,7-8H,2,5-6H2,1H3,(H2,14,15,16,17). The Morgan fingerprint density at radius 3 is 2.67 bits per heavy atom. The summed E-state index contributed by atoms with van der Waals surface area (Å²) >= 11 is 7.50. The lowest BCUT2D eigenvalue weighted by atomic mass is 10.3. The van der Waals surface area contributed by atoms with Crippen molar-refractivity contribution in [1.29, 1.82) is 0 Å². The largest absolute Gasteiger partial charge is 0.370 e. The topological polar surface area (TPSA) is 49.8 Å². The van der Waals surface area contributed by atoms with E-state index in [1.165, 1.54) is 4.88 Å². The second-order valence-electron chi connectivity index (χ2n) is 3.70. The summed E-state index contributed by atoms with van der Waals surface area (Å²) in [5, 5.41) is 6.43. The molecular weight excluding hydrogens is 268 g/mol. The smallest absolute Gasteiger partial charge is 0.131 e. The first-order chi connectivity index (χ1) is 8.78.